The minimum atomic E-state index is -0.652. The third-order valence-corrected chi connectivity index (χ3v) is 5.96. The predicted octanol–water partition coefficient (Wildman–Crippen LogP) is 1.70. The monoisotopic (exact) mass is 468 g/mol. The summed E-state index contributed by atoms with van der Waals surface area (Å²) in [4.78, 5) is 47.4. The van der Waals surface area contributed by atoms with Gasteiger partial charge in [-0.05, 0) is 50.6 Å². The number of anilines is 1. The molecule has 2 N–H and O–H groups in total. The van der Waals surface area contributed by atoms with Crippen LogP contribution in [0.1, 0.15) is 36.8 Å². The van der Waals surface area contributed by atoms with Crippen LogP contribution in [-0.2, 0) is 13.1 Å². The first-order valence-electron chi connectivity index (χ1n) is 11.5. The van der Waals surface area contributed by atoms with Crippen LogP contribution < -0.4 is 21.5 Å². The SMILES string of the molecule is CCn1c(=O)[nH]c2cc(CN3CCN(c4ccc(C(=O)NC(C)C)nc4F)CC3)ccc2c1=O. The zero-order valence-electron chi connectivity index (χ0n) is 19.6. The number of nitrogens with zero attached hydrogens (tertiary/aromatic N) is 4. The normalized spacial score (nSPS) is 14.7. The first kappa shape index (κ1) is 23.6. The summed E-state index contributed by atoms with van der Waals surface area (Å²) in [5.74, 6) is -1.04. The standard InChI is InChI=1S/C24H29FN6O3/c1-4-31-23(33)17-6-5-16(13-19(17)28-24(31)34)14-29-9-11-30(12-10-29)20-8-7-18(27-21(20)25)22(32)26-15(2)3/h5-8,13,15H,4,9-12,14H2,1-3H3,(H,26,32)(H,28,34). The molecule has 2 aromatic heterocycles. The van der Waals surface area contributed by atoms with E-state index in [4.69, 9.17) is 0 Å². The van der Waals surface area contributed by atoms with Gasteiger partial charge in [-0.3, -0.25) is 19.1 Å². The van der Waals surface area contributed by atoms with E-state index < -0.39 is 17.5 Å². The van der Waals surface area contributed by atoms with Gasteiger partial charge in [-0.2, -0.15) is 4.39 Å². The first-order valence-corrected chi connectivity index (χ1v) is 11.5. The average Bonchev–Trinajstić information content (AvgIpc) is 2.79. The number of hydrogen-bond acceptors (Lipinski definition) is 6. The Morgan fingerprint density at radius 2 is 1.88 bits per heavy atom. The number of benzene rings is 1. The van der Waals surface area contributed by atoms with Crippen molar-refractivity contribution in [2.24, 2.45) is 0 Å². The molecule has 1 aliphatic heterocycles. The highest BCUT2D eigenvalue weighted by atomic mass is 19.1. The Kier molecular flexibility index (Phi) is 6.78. The second-order valence-electron chi connectivity index (χ2n) is 8.76. The van der Waals surface area contributed by atoms with Gasteiger partial charge in [0, 0.05) is 45.3 Å². The lowest BCUT2D eigenvalue weighted by atomic mass is 10.1. The van der Waals surface area contributed by atoms with E-state index in [-0.39, 0.29) is 17.3 Å². The number of hydrogen-bond donors (Lipinski definition) is 2. The molecule has 1 saturated heterocycles. The highest BCUT2D eigenvalue weighted by Gasteiger charge is 2.22. The second-order valence-corrected chi connectivity index (χ2v) is 8.76. The molecule has 1 aromatic carbocycles. The smallest absolute Gasteiger partial charge is 0.328 e. The van der Waals surface area contributed by atoms with Gasteiger partial charge in [0.1, 0.15) is 5.69 Å². The Morgan fingerprint density at radius 3 is 2.53 bits per heavy atom. The molecule has 4 rings (SSSR count). The fourth-order valence-corrected chi connectivity index (χ4v) is 4.22. The van der Waals surface area contributed by atoms with Gasteiger partial charge in [-0.1, -0.05) is 6.07 Å². The van der Waals surface area contributed by atoms with Crippen molar-refractivity contribution in [2.75, 3.05) is 31.1 Å². The molecule has 10 heteroatoms. The van der Waals surface area contributed by atoms with Gasteiger partial charge in [0.25, 0.3) is 11.5 Å². The summed E-state index contributed by atoms with van der Waals surface area (Å²) in [6.07, 6.45) is 0. The van der Waals surface area contributed by atoms with Crippen molar-refractivity contribution in [1.82, 2.24) is 24.8 Å². The van der Waals surface area contributed by atoms with Crippen LogP contribution in [0, 0.1) is 5.95 Å². The quantitative estimate of drug-likeness (QED) is 0.534. The first-order chi connectivity index (χ1) is 16.3. The van der Waals surface area contributed by atoms with Crippen molar-refractivity contribution in [2.45, 2.75) is 39.9 Å². The van der Waals surface area contributed by atoms with Crippen molar-refractivity contribution in [3.8, 4) is 0 Å². The van der Waals surface area contributed by atoms with E-state index in [2.05, 4.69) is 20.2 Å². The van der Waals surface area contributed by atoms with Crippen molar-refractivity contribution in [3.63, 3.8) is 0 Å². The molecule has 1 fully saturated rings. The zero-order chi connectivity index (χ0) is 24.4. The average molecular weight is 469 g/mol. The number of piperazine rings is 1. The molecule has 0 bridgehead atoms. The highest BCUT2D eigenvalue weighted by molar-refractivity contribution is 5.92. The van der Waals surface area contributed by atoms with Crippen LogP contribution in [0.25, 0.3) is 10.9 Å². The fourth-order valence-electron chi connectivity index (χ4n) is 4.22. The van der Waals surface area contributed by atoms with Gasteiger partial charge in [0.05, 0.1) is 16.6 Å². The van der Waals surface area contributed by atoms with E-state index in [9.17, 15) is 18.8 Å². The second kappa shape index (κ2) is 9.76. The van der Waals surface area contributed by atoms with Crippen LogP contribution in [0.5, 0.6) is 0 Å². The van der Waals surface area contributed by atoms with E-state index in [0.717, 1.165) is 5.56 Å². The number of rotatable bonds is 6. The maximum absolute atomic E-state index is 14.6. The summed E-state index contributed by atoms with van der Waals surface area (Å²) in [5.41, 5.74) is 1.27. The number of carbonyl (C=O) groups is 1. The Balaban J connectivity index is 1.41. The molecule has 34 heavy (non-hydrogen) atoms. The zero-order valence-corrected chi connectivity index (χ0v) is 19.6. The van der Waals surface area contributed by atoms with Crippen LogP contribution in [0.2, 0.25) is 0 Å². The number of halogens is 1. The molecule has 0 atom stereocenters. The molecule has 0 saturated carbocycles. The topological polar surface area (TPSA) is 103 Å². The maximum atomic E-state index is 14.6. The molecule has 0 aliphatic carbocycles. The summed E-state index contributed by atoms with van der Waals surface area (Å²) in [6, 6.07) is 8.60. The van der Waals surface area contributed by atoms with Gasteiger partial charge in [-0.15, -0.1) is 0 Å². The fraction of sp³-hybridized carbons (Fsp3) is 0.417. The number of fused-ring (bicyclic) bond motifs is 1. The molecule has 1 aliphatic rings. The Hall–Kier alpha value is -3.53. The molecular formula is C24H29FN6O3. The largest absolute Gasteiger partial charge is 0.365 e. The highest BCUT2D eigenvalue weighted by Crippen LogP contribution is 2.21. The number of pyridine rings is 1. The molecule has 0 unspecified atom stereocenters. The minimum absolute atomic E-state index is 0.0528. The lowest BCUT2D eigenvalue weighted by molar-refractivity contribution is 0.0937. The summed E-state index contributed by atoms with van der Waals surface area (Å²) in [7, 11) is 0. The maximum Gasteiger partial charge on any atom is 0.328 e. The van der Waals surface area contributed by atoms with Crippen molar-refractivity contribution >= 4 is 22.5 Å². The predicted molar refractivity (Wildman–Crippen MR) is 129 cm³/mol. The van der Waals surface area contributed by atoms with Crippen LogP contribution in [0.15, 0.2) is 39.9 Å². The molecular weight excluding hydrogens is 439 g/mol. The summed E-state index contributed by atoms with van der Waals surface area (Å²) >= 11 is 0. The van der Waals surface area contributed by atoms with Gasteiger partial charge in [0.15, 0.2) is 0 Å². The molecule has 180 valence electrons. The van der Waals surface area contributed by atoms with Crippen LogP contribution in [0.3, 0.4) is 0 Å². The third-order valence-electron chi connectivity index (χ3n) is 5.96. The van der Waals surface area contributed by atoms with Gasteiger partial charge in [0.2, 0.25) is 5.95 Å². The Labute approximate surface area is 196 Å². The van der Waals surface area contributed by atoms with Crippen LogP contribution >= 0.6 is 0 Å². The molecule has 9 nitrogen and oxygen atoms in total. The minimum Gasteiger partial charge on any atom is -0.365 e. The van der Waals surface area contributed by atoms with Gasteiger partial charge >= 0.3 is 5.69 Å². The van der Waals surface area contributed by atoms with Crippen molar-refractivity contribution in [1.29, 1.82) is 0 Å². The number of aromatic amines is 1. The lowest BCUT2D eigenvalue weighted by Crippen LogP contribution is -2.46. The summed E-state index contributed by atoms with van der Waals surface area (Å²) < 4.78 is 15.8. The van der Waals surface area contributed by atoms with Gasteiger partial charge < -0.3 is 15.2 Å². The van der Waals surface area contributed by atoms with E-state index in [1.807, 2.05) is 30.9 Å². The lowest BCUT2D eigenvalue weighted by Gasteiger charge is -2.36. The number of nitrogens with one attached hydrogen (secondary N) is 2. The van der Waals surface area contributed by atoms with E-state index in [1.54, 1.807) is 25.1 Å². The summed E-state index contributed by atoms with van der Waals surface area (Å²) in [5, 5.41) is 3.20. The Morgan fingerprint density at radius 1 is 1.15 bits per heavy atom. The number of carbonyl (C=O) groups excluding carboxylic acids is 1. The molecule has 3 aromatic rings. The number of aromatic nitrogens is 3. The molecule has 0 radical (unpaired) electrons. The van der Waals surface area contributed by atoms with Crippen molar-refractivity contribution in [3.05, 3.63) is 68.4 Å². The Bertz CT molecular complexity index is 1320. The molecule has 1 amide bonds. The molecule has 3 heterocycles. The van der Waals surface area contributed by atoms with E-state index in [1.165, 1.54) is 4.57 Å². The van der Waals surface area contributed by atoms with Crippen LogP contribution in [0.4, 0.5) is 10.1 Å². The van der Waals surface area contributed by atoms with E-state index in [0.29, 0.717) is 55.9 Å². The van der Waals surface area contributed by atoms with E-state index >= 15 is 0 Å². The van der Waals surface area contributed by atoms with Crippen molar-refractivity contribution < 1.29 is 9.18 Å². The van der Waals surface area contributed by atoms with Gasteiger partial charge in [-0.25, -0.2) is 9.78 Å². The third kappa shape index (κ3) is 4.86. The number of amides is 1. The number of H-pyrrole nitrogens is 1. The molecule has 0 spiro atoms. The summed E-state index contributed by atoms with van der Waals surface area (Å²) in [6.45, 7) is 9.04. The van der Waals surface area contributed by atoms with Crippen LogP contribution in [-0.4, -0.2) is 57.6 Å².